The third-order valence-electron chi connectivity index (χ3n) is 4.80. The van der Waals surface area contributed by atoms with Gasteiger partial charge in [-0.1, -0.05) is 56.3 Å². The number of halogens is 1. The maximum atomic E-state index is 14.6. The Hall–Kier alpha value is -1.87. The van der Waals surface area contributed by atoms with E-state index in [0.29, 0.717) is 0 Å². The Labute approximate surface area is 138 Å². The van der Waals surface area contributed by atoms with Crippen LogP contribution in [0.3, 0.4) is 0 Å². The molecule has 122 valence electrons. The summed E-state index contributed by atoms with van der Waals surface area (Å²) in [6, 6.07) is 16.1. The van der Waals surface area contributed by atoms with Crippen LogP contribution < -0.4 is 10.2 Å². The molecule has 0 fully saturated rings. The van der Waals surface area contributed by atoms with Gasteiger partial charge in [0.1, 0.15) is 5.82 Å². The van der Waals surface area contributed by atoms with Crippen LogP contribution in [0, 0.1) is 5.82 Å². The van der Waals surface area contributed by atoms with Crippen molar-refractivity contribution in [2.75, 3.05) is 25.0 Å². The van der Waals surface area contributed by atoms with Crippen molar-refractivity contribution in [2.45, 2.75) is 31.7 Å². The van der Waals surface area contributed by atoms with Crippen molar-refractivity contribution in [3.05, 3.63) is 65.5 Å². The van der Waals surface area contributed by atoms with Gasteiger partial charge in [0.2, 0.25) is 0 Å². The lowest BCUT2D eigenvalue weighted by atomic mass is 9.87. The molecule has 2 nitrogen and oxygen atoms in total. The van der Waals surface area contributed by atoms with Crippen LogP contribution in [0.5, 0.6) is 0 Å². The zero-order valence-corrected chi connectivity index (χ0v) is 14.1. The van der Waals surface area contributed by atoms with Gasteiger partial charge in [-0.25, -0.2) is 4.39 Å². The van der Waals surface area contributed by atoms with Crippen molar-refractivity contribution in [3.63, 3.8) is 0 Å². The van der Waals surface area contributed by atoms with E-state index in [1.165, 1.54) is 5.56 Å². The fraction of sp³-hybridized carbons (Fsp3) is 0.400. The largest absolute Gasteiger partial charge is 0.361 e. The van der Waals surface area contributed by atoms with E-state index in [-0.39, 0.29) is 17.3 Å². The zero-order chi connectivity index (χ0) is 16.4. The summed E-state index contributed by atoms with van der Waals surface area (Å²) in [5.41, 5.74) is 3.10. The van der Waals surface area contributed by atoms with Crippen LogP contribution in [0.1, 0.15) is 37.4 Å². The predicted molar refractivity (Wildman–Crippen MR) is 94.5 cm³/mol. The molecule has 1 aliphatic rings. The average Bonchev–Trinajstić information content (AvgIpc) is 2.82. The lowest BCUT2D eigenvalue weighted by molar-refractivity contribution is 0.494. The van der Waals surface area contributed by atoms with E-state index in [9.17, 15) is 4.39 Å². The number of fused-ring (bicyclic) bond motifs is 1. The highest BCUT2D eigenvalue weighted by Crippen LogP contribution is 2.46. The second-order valence-electron chi connectivity index (χ2n) is 6.97. The number of para-hydroxylation sites is 1. The SMILES string of the molecule is CNCC[C@H](c1ccccc1)N1CC(C)(C)c2cccc(F)c21. The van der Waals surface area contributed by atoms with E-state index >= 15 is 0 Å². The molecule has 0 aromatic heterocycles. The molecule has 2 aromatic rings. The molecule has 1 atom stereocenters. The summed E-state index contributed by atoms with van der Waals surface area (Å²) in [6.07, 6.45) is 0.949. The molecule has 3 heteroatoms. The van der Waals surface area contributed by atoms with Gasteiger partial charge in [0.25, 0.3) is 0 Å². The Balaban J connectivity index is 2.05. The van der Waals surface area contributed by atoms with Crippen LogP contribution in [0.2, 0.25) is 0 Å². The quantitative estimate of drug-likeness (QED) is 0.887. The second kappa shape index (κ2) is 6.32. The highest BCUT2D eigenvalue weighted by molar-refractivity contribution is 5.64. The fourth-order valence-corrected chi connectivity index (χ4v) is 3.67. The highest BCUT2D eigenvalue weighted by atomic mass is 19.1. The first-order chi connectivity index (χ1) is 11.0. The van der Waals surface area contributed by atoms with Crippen LogP contribution in [-0.4, -0.2) is 20.1 Å². The predicted octanol–water partition coefficient (Wildman–Crippen LogP) is 4.27. The van der Waals surface area contributed by atoms with Crippen molar-refractivity contribution < 1.29 is 4.39 Å². The summed E-state index contributed by atoms with van der Waals surface area (Å²) in [5.74, 6) is -0.113. The van der Waals surface area contributed by atoms with Crippen LogP contribution in [0.25, 0.3) is 0 Å². The van der Waals surface area contributed by atoms with E-state index in [2.05, 4.69) is 54.4 Å². The lowest BCUT2D eigenvalue weighted by Gasteiger charge is -2.32. The molecule has 0 radical (unpaired) electrons. The smallest absolute Gasteiger partial charge is 0.146 e. The molecule has 2 aromatic carbocycles. The van der Waals surface area contributed by atoms with Crippen molar-refractivity contribution in [1.29, 1.82) is 0 Å². The summed E-state index contributed by atoms with van der Waals surface area (Å²) < 4.78 is 14.6. The first-order valence-corrected chi connectivity index (χ1v) is 8.30. The Kier molecular flexibility index (Phi) is 4.40. The summed E-state index contributed by atoms with van der Waals surface area (Å²) in [4.78, 5) is 2.26. The molecular formula is C20H25FN2. The summed E-state index contributed by atoms with van der Waals surface area (Å²) in [6.45, 7) is 6.14. The Morgan fingerprint density at radius 1 is 1.13 bits per heavy atom. The molecule has 1 N–H and O–H groups in total. The molecule has 0 unspecified atom stereocenters. The molecule has 1 heterocycles. The van der Waals surface area contributed by atoms with Crippen molar-refractivity contribution in [1.82, 2.24) is 5.32 Å². The maximum absolute atomic E-state index is 14.6. The van der Waals surface area contributed by atoms with Gasteiger partial charge in [0.05, 0.1) is 11.7 Å². The second-order valence-corrected chi connectivity index (χ2v) is 6.97. The van der Waals surface area contributed by atoms with Gasteiger partial charge in [-0.05, 0) is 37.2 Å². The third kappa shape index (κ3) is 2.98. The molecule has 0 aliphatic carbocycles. The number of nitrogens with one attached hydrogen (secondary N) is 1. The van der Waals surface area contributed by atoms with Crippen LogP contribution in [-0.2, 0) is 5.41 Å². The first-order valence-electron chi connectivity index (χ1n) is 8.30. The van der Waals surface area contributed by atoms with E-state index in [0.717, 1.165) is 30.8 Å². The number of nitrogens with zero attached hydrogens (tertiary/aromatic N) is 1. The van der Waals surface area contributed by atoms with E-state index < -0.39 is 0 Å². The van der Waals surface area contributed by atoms with Gasteiger partial charge in [0.15, 0.2) is 0 Å². The Morgan fingerprint density at radius 3 is 2.57 bits per heavy atom. The van der Waals surface area contributed by atoms with Gasteiger partial charge >= 0.3 is 0 Å². The molecule has 1 aliphatic heterocycles. The van der Waals surface area contributed by atoms with E-state index in [1.807, 2.05) is 19.2 Å². The van der Waals surface area contributed by atoms with Crippen LogP contribution >= 0.6 is 0 Å². The molecular weight excluding hydrogens is 287 g/mol. The number of rotatable bonds is 5. The monoisotopic (exact) mass is 312 g/mol. The normalized spacial score (nSPS) is 17.1. The molecule has 0 bridgehead atoms. The van der Waals surface area contributed by atoms with Crippen molar-refractivity contribution >= 4 is 5.69 Å². The molecule has 0 spiro atoms. The minimum Gasteiger partial charge on any atom is -0.361 e. The van der Waals surface area contributed by atoms with Gasteiger partial charge in [-0.15, -0.1) is 0 Å². The minimum absolute atomic E-state index is 0.0376. The molecule has 3 rings (SSSR count). The molecule has 23 heavy (non-hydrogen) atoms. The molecule has 0 amide bonds. The number of anilines is 1. The van der Waals surface area contributed by atoms with E-state index in [4.69, 9.17) is 0 Å². The van der Waals surface area contributed by atoms with E-state index in [1.54, 1.807) is 6.07 Å². The lowest BCUT2D eigenvalue weighted by Crippen LogP contribution is -2.34. The first kappa shape index (κ1) is 16.0. The van der Waals surface area contributed by atoms with Crippen LogP contribution in [0.15, 0.2) is 48.5 Å². The third-order valence-corrected chi connectivity index (χ3v) is 4.80. The summed E-state index contributed by atoms with van der Waals surface area (Å²) in [7, 11) is 1.96. The van der Waals surface area contributed by atoms with Crippen molar-refractivity contribution in [3.8, 4) is 0 Å². The summed E-state index contributed by atoms with van der Waals surface area (Å²) in [5, 5.41) is 3.23. The zero-order valence-electron chi connectivity index (χ0n) is 14.1. The van der Waals surface area contributed by atoms with Crippen molar-refractivity contribution in [2.24, 2.45) is 0 Å². The number of hydrogen-bond donors (Lipinski definition) is 1. The maximum Gasteiger partial charge on any atom is 0.146 e. The highest BCUT2D eigenvalue weighted by Gasteiger charge is 2.40. The number of benzene rings is 2. The minimum atomic E-state index is -0.113. The van der Waals surface area contributed by atoms with Gasteiger partial charge < -0.3 is 10.2 Å². The fourth-order valence-electron chi connectivity index (χ4n) is 3.67. The standard InChI is InChI=1S/C20H25FN2/c1-20(2)14-23(19-16(20)10-7-11-17(19)21)18(12-13-22-3)15-8-5-4-6-9-15/h4-11,18,22H,12-14H2,1-3H3/t18-/m1/s1. The van der Waals surface area contributed by atoms with Gasteiger partial charge in [-0.3, -0.25) is 0 Å². The molecule has 0 saturated carbocycles. The topological polar surface area (TPSA) is 15.3 Å². The van der Waals surface area contributed by atoms with Crippen LogP contribution in [0.4, 0.5) is 10.1 Å². The van der Waals surface area contributed by atoms with Gasteiger partial charge in [0, 0.05) is 12.0 Å². The molecule has 0 saturated heterocycles. The Morgan fingerprint density at radius 2 is 1.87 bits per heavy atom. The van der Waals surface area contributed by atoms with Gasteiger partial charge in [-0.2, -0.15) is 0 Å². The number of hydrogen-bond acceptors (Lipinski definition) is 2. The average molecular weight is 312 g/mol. The summed E-state index contributed by atoms with van der Waals surface area (Å²) >= 11 is 0. The Bertz CT molecular complexity index is 667.